The first-order valence-corrected chi connectivity index (χ1v) is 5.02. The van der Waals surface area contributed by atoms with Crippen LogP contribution in [0.2, 0.25) is 0 Å². The normalized spacial score (nSPS) is 14.8. The molecular weight excluding hydrogens is 196 g/mol. The fourth-order valence-electron chi connectivity index (χ4n) is 1.07. The molecule has 0 aliphatic rings. The Labute approximate surface area is 91.5 Å². The molecule has 2 amide bonds. The molecule has 90 valence electrons. The number of carbonyl (C=O) groups is 1. The van der Waals surface area contributed by atoms with Gasteiger partial charge >= 0.3 is 6.03 Å². The molecule has 0 aliphatic carbocycles. The van der Waals surface area contributed by atoms with E-state index in [0.717, 1.165) is 0 Å². The van der Waals surface area contributed by atoms with E-state index in [2.05, 4.69) is 10.6 Å². The first-order chi connectivity index (χ1) is 6.93. The van der Waals surface area contributed by atoms with Gasteiger partial charge in [-0.15, -0.1) is 0 Å². The van der Waals surface area contributed by atoms with Gasteiger partial charge in [0.15, 0.2) is 0 Å². The number of hydrogen-bond acceptors (Lipinski definition) is 3. The lowest BCUT2D eigenvalue weighted by atomic mass is 10.1. The third-order valence-corrected chi connectivity index (χ3v) is 1.99. The Balaban J connectivity index is 3.94. The molecule has 0 bridgehead atoms. The van der Waals surface area contributed by atoms with E-state index in [1.54, 1.807) is 14.2 Å². The molecule has 0 radical (unpaired) electrons. The van der Waals surface area contributed by atoms with Crippen molar-refractivity contribution >= 4 is 6.03 Å². The number of urea groups is 1. The van der Waals surface area contributed by atoms with Crippen LogP contribution in [0, 0.1) is 0 Å². The Morgan fingerprint density at radius 2 is 2.00 bits per heavy atom. The van der Waals surface area contributed by atoms with Crippen LogP contribution in [0.1, 0.15) is 20.8 Å². The highest BCUT2D eigenvalue weighted by Crippen LogP contribution is 2.07. The fraction of sp³-hybridized carbons (Fsp3) is 0.900. The molecule has 15 heavy (non-hydrogen) atoms. The lowest BCUT2D eigenvalue weighted by molar-refractivity contribution is -0.0474. The minimum atomic E-state index is -0.483. The zero-order chi connectivity index (χ0) is 11.9. The van der Waals surface area contributed by atoms with Gasteiger partial charge in [0.2, 0.25) is 0 Å². The van der Waals surface area contributed by atoms with E-state index < -0.39 is 5.60 Å². The molecule has 0 aromatic heterocycles. The standard InChI is InChI=1S/C10H22N2O3/c1-8(2)12-9(13)11-6-10(3,15-5)7-14-4/h8H,6-7H2,1-5H3,(H2,11,12,13)/t10-/m1/s1. The summed E-state index contributed by atoms with van der Waals surface area (Å²) >= 11 is 0. The van der Waals surface area contributed by atoms with Crippen LogP contribution < -0.4 is 10.6 Å². The number of methoxy groups -OCH3 is 2. The van der Waals surface area contributed by atoms with Crippen molar-refractivity contribution in [3.63, 3.8) is 0 Å². The zero-order valence-electron chi connectivity index (χ0n) is 10.2. The van der Waals surface area contributed by atoms with Gasteiger partial charge in [0.1, 0.15) is 5.60 Å². The molecule has 0 spiro atoms. The van der Waals surface area contributed by atoms with E-state index in [1.165, 1.54) is 0 Å². The second-order valence-corrected chi connectivity index (χ2v) is 4.07. The second kappa shape index (κ2) is 6.63. The summed E-state index contributed by atoms with van der Waals surface area (Å²) in [4.78, 5) is 11.3. The zero-order valence-corrected chi connectivity index (χ0v) is 10.2. The number of carbonyl (C=O) groups excluding carboxylic acids is 1. The van der Waals surface area contributed by atoms with Crippen LogP contribution >= 0.6 is 0 Å². The summed E-state index contributed by atoms with van der Waals surface area (Å²) in [7, 11) is 3.20. The van der Waals surface area contributed by atoms with E-state index in [4.69, 9.17) is 9.47 Å². The summed E-state index contributed by atoms with van der Waals surface area (Å²) in [5, 5.41) is 5.47. The molecule has 0 aliphatic heterocycles. The molecule has 0 heterocycles. The lowest BCUT2D eigenvalue weighted by Gasteiger charge is -2.27. The first kappa shape index (κ1) is 14.2. The van der Waals surface area contributed by atoms with Crippen LogP contribution in [0.3, 0.4) is 0 Å². The number of ether oxygens (including phenoxy) is 2. The topological polar surface area (TPSA) is 59.6 Å². The Hall–Kier alpha value is -0.810. The average Bonchev–Trinajstić information content (AvgIpc) is 2.14. The van der Waals surface area contributed by atoms with Crippen molar-refractivity contribution in [1.82, 2.24) is 10.6 Å². The molecule has 0 aromatic rings. The van der Waals surface area contributed by atoms with Gasteiger partial charge in [0, 0.05) is 20.3 Å². The SMILES string of the molecule is COC[C@@](C)(CNC(=O)NC(C)C)OC. The molecule has 0 aromatic carbocycles. The molecule has 2 N–H and O–H groups in total. The second-order valence-electron chi connectivity index (χ2n) is 4.07. The van der Waals surface area contributed by atoms with Crippen molar-refractivity contribution in [2.24, 2.45) is 0 Å². The maximum Gasteiger partial charge on any atom is 0.315 e. The number of hydrogen-bond donors (Lipinski definition) is 2. The van der Waals surface area contributed by atoms with E-state index in [9.17, 15) is 4.79 Å². The Bertz CT molecular complexity index is 197. The highest BCUT2D eigenvalue weighted by Gasteiger charge is 2.24. The van der Waals surface area contributed by atoms with Crippen molar-refractivity contribution in [2.75, 3.05) is 27.4 Å². The van der Waals surface area contributed by atoms with Crippen molar-refractivity contribution in [2.45, 2.75) is 32.4 Å². The Kier molecular flexibility index (Phi) is 6.27. The van der Waals surface area contributed by atoms with Gasteiger partial charge in [-0.25, -0.2) is 4.79 Å². The first-order valence-electron chi connectivity index (χ1n) is 5.02. The quantitative estimate of drug-likeness (QED) is 0.691. The van der Waals surface area contributed by atoms with Gasteiger partial charge < -0.3 is 20.1 Å². The number of nitrogens with one attached hydrogen (secondary N) is 2. The molecule has 0 fully saturated rings. The van der Waals surface area contributed by atoms with Crippen molar-refractivity contribution < 1.29 is 14.3 Å². The van der Waals surface area contributed by atoms with Gasteiger partial charge in [-0.1, -0.05) is 0 Å². The minimum absolute atomic E-state index is 0.126. The average molecular weight is 218 g/mol. The van der Waals surface area contributed by atoms with Crippen molar-refractivity contribution in [1.29, 1.82) is 0 Å². The minimum Gasteiger partial charge on any atom is -0.382 e. The maximum absolute atomic E-state index is 11.3. The summed E-state index contributed by atoms with van der Waals surface area (Å²) in [6.07, 6.45) is 0. The summed E-state index contributed by atoms with van der Waals surface area (Å²) in [5.74, 6) is 0. The number of amides is 2. The molecule has 0 unspecified atom stereocenters. The summed E-state index contributed by atoms with van der Waals surface area (Å²) < 4.78 is 10.3. The smallest absolute Gasteiger partial charge is 0.315 e. The predicted octanol–water partition coefficient (Wildman–Crippen LogP) is 0.746. The summed E-state index contributed by atoms with van der Waals surface area (Å²) in [5.41, 5.74) is -0.483. The maximum atomic E-state index is 11.3. The van der Waals surface area contributed by atoms with Crippen LogP contribution in [0.5, 0.6) is 0 Å². The molecule has 1 atom stereocenters. The molecule has 0 rings (SSSR count). The highest BCUT2D eigenvalue weighted by atomic mass is 16.5. The third-order valence-electron chi connectivity index (χ3n) is 1.99. The van der Waals surface area contributed by atoms with Crippen LogP contribution in [-0.4, -0.2) is 45.0 Å². The van der Waals surface area contributed by atoms with Crippen LogP contribution in [0.15, 0.2) is 0 Å². The van der Waals surface area contributed by atoms with Gasteiger partial charge in [-0.2, -0.15) is 0 Å². The van der Waals surface area contributed by atoms with E-state index >= 15 is 0 Å². The Morgan fingerprint density at radius 3 is 2.40 bits per heavy atom. The van der Waals surface area contributed by atoms with E-state index in [1.807, 2.05) is 20.8 Å². The van der Waals surface area contributed by atoms with E-state index in [0.29, 0.717) is 13.2 Å². The predicted molar refractivity (Wildman–Crippen MR) is 59.0 cm³/mol. The molecule has 5 heteroatoms. The lowest BCUT2D eigenvalue weighted by Crippen LogP contribution is -2.49. The monoisotopic (exact) mass is 218 g/mol. The van der Waals surface area contributed by atoms with Crippen LogP contribution in [0.25, 0.3) is 0 Å². The van der Waals surface area contributed by atoms with Gasteiger partial charge in [-0.3, -0.25) is 0 Å². The van der Waals surface area contributed by atoms with Crippen LogP contribution in [0.4, 0.5) is 4.79 Å². The van der Waals surface area contributed by atoms with Crippen molar-refractivity contribution in [3.8, 4) is 0 Å². The number of rotatable bonds is 6. The summed E-state index contributed by atoms with van der Waals surface area (Å²) in [6.45, 7) is 6.54. The highest BCUT2D eigenvalue weighted by molar-refractivity contribution is 5.74. The van der Waals surface area contributed by atoms with Gasteiger partial charge in [0.25, 0.3) is 0 Å². The molecule has 0 saturated carbocycles. The third kappa shape index (κ3) is 6.30. The molecule has 0 saturated heterocycles. The van der Waals surface area contributed by atoms with Crippen LogP contribution in [-0.2, 0) is 9.47 Å². The van der Waals surface area contributed by atoms with Gasteiger partial charge in [-0.05, 0) is 20.8 Å². The van der Waals surface area contributed by atoms with Crippen molar-refractivity contribution in [3.05, 3.63) is 0 Å². The fourth-order valence-corrected chi connectivity index (χ4v) is 1.07. The largest absolute Gasteiger partial charge is 0.382 e. The van der Waals surface area contributed by atoms with E-state index in [-0.39, 0.29) is 12.1 Å². The molecular formula is C10H22N2O3. The molecule has 5 nitrogen and oxygen atoms in total. The summed E-state index contributed by atoms with van der Waals surface area (Å²) in [6, 6.07) is -0.0643. The van der Waals surface area contributed by atoms with Gasteiger partial charge in [0.05, 0.1) is 13.2 Å². The Morgan fingerprint density at radius 1 is 1.40 bits per heavy atom.